The number of carbonyl (C=O) groups is 2. The van der Waals surface area contributed by atoms with Crippen LogP contribution >= 0.6 is 0 Å². The monoisotopic (exact) mass is 309 g/mol. The van der Waals surface area contributed by atoms with Gasteiger partial charge in [-0.3, -0.25) is 9.59 Å². The lowest BCUT2D eigenvalue weighted by Gasteiger charge is -2.11. The molecule has 23 heavy (non-hydrogen) atoms. The number of carbonyl (C=O) groups excluding carboxylic acids is 2. The molecule has 3 aromatic rings. The summed E-state index contributed by atoms with van der Waals surface area (Å²) in [6.45, 7) is 1.22. The molecule has 1 aromatic heterocycles. The Bertz CT molecular complexity index is 828. The van der Waals surface area contributed by atoms with Crippen LogP contribution in [-0.4, -0.2) is 29.0 Å². The van der Waals surface area contributed by atoms with Gasteiger partial charge >= 0.3 is 0 Å². The Balaban J connectivity index is 2.14. The van der Waals surface area contributed by atoms with E-state index in [1.807, 2.05) is 47.0 Å². The molecule has 0 fully saturated rings. The first-order valence-corrected chi connectivity index (χ1v) is 7.13. The smallest absolute Gasteiger partial charge is 0.293 e. The van der Waals surface area contributed by atoms with Crippen LogP contribution in [0.2, 0.25) is 0 Å². The van der Waals surface area contributed by atoms with Gasteiger partial charge in [0, 0.05) is 11.3 Å². The van der Waals surface area contributed by atoms with E-state index in [4.69, 9.17) is 4.74 Å². The summed E-state index contributed by atoms with van der Waals surface area (Å²) in [5, 5.41) is 2.67. The number of fused-ring (bicyclic) bond motifs is 1. The minimum absolute atomic E-state index is 0.275. The van der Waals surface area contributed by atoms with Crippen molar-refractivity contribution in [1.82, 2.24) is 9.55 Å². The molecule has 0 aliphatic carbocycles. The number of aromatic nitrogens is 2. The van der Waals surface area contributed by atoms with Crippen molar-refractivity contribution in [2.75, 3.05) is 11.9 Å². The third-order valence-electron chi connectivity index (χ3n) is 3.54. The number of anilines is 1. The van der Waals surface area contributed by atoms with Crippen molar-refractivity contribution in [3.05, 3.63) is 48.8 Å². The molecule has 0 spiro atoms. The summed E-state index contributed by atoms with van der Waals surface area (Å²) in [7, 11) is 0. The summed E-state index contributed by atoms with van der Waals surface area (Å²) in [6, 6.07) is 13.6. The molecule has 116 valence electrons. The van der Waals surface area contributed by atoms with Gasteiger partial charge in [0.25, 0.3) is 6.47 Å². The van der Waals surface area contributed by atoms with Crippen molar-refractivity contribution in [3.63, 3.8) is 0 Å². The van der Waals surface area contributed by atoms with Gasteiger partial charge in [-0.1, -0.05) is 30.3 Å². The quantitative estimate of drug-likeness (QED) is 0.537. The van der Waals surface area contributed by atoms with Gasteiger partial charge in [-0.25, -0.2) is 4.98 Å². The van der Waals surface area contributed by atoms with Crippen LogP contribution in [0, 0.1) is 0 Å². The van der Waals surface area contributed by atoms with Gasteiger partial charge in [0.2, 0.25) is 6.41 Å². The summed E-state index contributed by atoms with van der Waals surface area (Å²) in [6.07, 6.45) is 2.35. The number of benzene rings is 2. The second-order valence-corrected chi connectivity index (χ2v) is 4.92. The molecule has 2 aromatic carbocycles. The molecule has 1 amide bonds. The summed E-state index contributed by atoms with van der Waals surface area (Å²) >= 11 is 0. The summed E-state index contributed by atoms with van der Waals surface area (Å²) in [5.41, 5.74) is 4.35. The van der Waals surface area contributed by atoms with E-state index in [0.29, 0.717) is 25.1 Å². The SMILES string of the molecule is O=CNc1cc(-c2ccccc2)c2c(c1)ncn2CCOC=O. The van der Waals surface area contributed by atoms with Gasteiger partial charge in [0.15, 0.2) is 0 Å². The molecule has 0 saturated heterocycles. The maximum atomic E-state index is 10.8. The average molecular weight is 309 g/mol. The minimum Gasteiger partial charge on any atom is -0.466 e. The number of amides is 1. The van der Waals surface area contributed by atoms with Crippen LogP contribution < -0.4 is 5.32 Å². The van der Waals surface area contributed by atoms with E-state index in [1.54, 1.807) is 6.33 Å². The van der Waals surface area contributed by atoms with E-state index >= 15 is 0 Å². The summed E-state index contributed by atoms with van der Waals surface area (Å²) < 4.78 is 6.71. The minimum atomic E-state index is 0.275. The Morgan fingerprint density at radius 3 is 2.74 bits per heavy atom. The Kier molecular flexibility index (Phi) is 4.33. The van der Waals surface area contributed by atoms with Crippen molar-refractivity contribution in [1.29, 1.82) is 0 Å². The lowest BCUT2D eigenvalue weighted by molar-refractivity contribution is -0.128. The van der Waals surface area contributed by atoms with Crippen LogP contribution in [0.4, 0.5) is 5.69 Å². The zero-order valence-electron chi connectivity index (χ0n) is 12.3. The van der Waals surface area contributed by atoms with Crippen LogP contribution in [0.25, 0.3) is 22.2 Å². The first kappa shape index (κ1) is 14.8. The molecular weight excluding hydrogens is 294 g/mol. The molecule has 3 rings (SSSR count). The van der Waals surface area contributed by atoms with Crippen LogP contribution in [0.1, 0.15) is 0 Å². The molecule has 0 saturated carbocycles. The van der Waals surface area contributed by atoms with Gasteiger partial charge in [0.1, 0.15) is 6.61 Å². The highest BCUT2D eigenvalue weighted by Gasteiger charge is 2.12. The molecule has 0 aliphatic rings. The second kappa shape index (κ2) is 6.74. The molecule has 0 bridgehead atoms. The zero-order chi connectivity index (χ0) is 16.1. The topological polar surface area (TPSA) is 73.2 Å². The molecule has 1 N–H and O–H groups in total. The van der Waals surface area contributed by atoms with E-state index < -0.39 is 0 Å². The highest BCUT2D eigenvalue weighted by Crippen LogP contribution is 2.31. The van der Waals surface area contributed by atoms with Gasteiger partial charge in [-0.15, -0.1) is 0 Å². The fraction of sp³-hybridized carbons (Fsp3) is 0.118. The number of hydrogen-bond donors (Lipinski definition) is 1. The van der Waals surface area contributed by atoms with Gasteiger partial charge in [-0.05, 0) is 17.7 Å². The fourth-order valence-electron chi connectivity index (χ4n) is 2.57. The molecule has 6 heteroatoms. The Hall–Kier alpha value is -3.15. The van der Waals surface area contributed by atoms with E-state index in [9.17, 15) is 9.59 Å². The fourth-order valence-corrected chi connectivity index (χ4v) is 2.57. The molecule has 0 radical (unpaired) electrons. The van der Waals surface area contributed by atoms with Gasteiger partial charge in [-0.2, -0.15) is 0 Å². The predicted molar refractivity (Wildman–Crippen MR) is 86.9 cm³/mol. The van der Waals surface area contributed by atoms with E-state index in [0.717, 1.165) is 22.2 Å². The predicted octanol–water partition coefficient (Wildman–Crippen LogP) is 2.44. The zero-order valence-corrected chi connectivity index (χ0v) is 12.3. The standard InChI is InChI=1S/C17H15N3O3/c21-11-19-14-8-15(13-4-2-1-3-5-13)17-16(9-14)18-10-20(17)6-7-23-12-22/h1-5,8-12H,6-7H2,(H,19,21). The van der Waals surface area contributed by atoms with Crippen molar-refractivity contribution in [2.45, 2.75) is 6.54 Å². The lowest BCUT2D eigenvalue weighted by atomic mass is 10.0. The largest absolute Gasteiger partial charge is 0.466 e. The molecule has 1 heterocycles. The van der Waals surface area contributed by atoms with E-state index in [1.165, 1.54) is 0 Å². The first-order valence-electron chi connectivity index (χ1n) is 7.13. The highest BCUT2D eigenvalue weighted by molar-refractivity contribution is 5.96. The van der Waals surface area contributed by atoms with Crippen LogP contribution in [0.3, 0.4) is 0 Å². The second-order valence-electron chi connectivity index (χ2n) is 4.92. The number of nitrogens with zero attached hydrogens (tertiary/aromatic N) is 2. The Labute approximate surface area is 132 Å². The summed E-state index contributed by atoms with van der Waals surface area (Å²) in [5.74, 6) is 0. The number of nitrogens with one attached hydrogen (secondary N) is 1. The molecular formula is C17H15N3O3. The van der Waals surface area contributed by atoms with Crippen LogP contribution in [-0.2, 0) is 20.9 Å². The van der Waals surface area contributed by atoms with Crippen molar-refractivity contribution < 1.29 is 14.3 Å². The number of hydrogen-bond acceptors (Lipinski definition) is 4. The van der Waals surface area contributed by atoms with E-state index in [-0.39, 0.29) is 6.61 Å². The lowest BCUT2D eigenvalue weighted by Crippen LogP contribution is -2.05. The first-order chi connectivity index (χ1) is 11.3. The number of rotatable bonds is 7. The number of ether oxygens (including phenoxy) is 1. The normalized spacial score (nSPS) is 10.4. The van der Waals surface area contributed by atoms with Gasteiger partial charge in [0.05, 0.1) is 23.9 Å². The maximum absolute atomic E-state index is 10.8. The summed E-state index contributed by atoms with van der Waals surface area (Å²) in [4.78, 5) is 25.5. The van der Waals surface area contributed by atoms with Crippen LogP contribution in [0.15, 0.2) is 48.8 Å². The number of imidazole rings is 1. The van der Waals surface area contributed by atoms with Crippen molar-refractivity contribution >= 4 is 29.6 Å². The average Bonchev–Trinajstić information content (AvgIpc) is 2.99. The van der Waals surface area contributed by atoms with Crippen molar-refractivity contribution in [2.24, 2.45) is 0 Å². The van der Waals surface area contributed by atoms with Crippen LogP contribution in [0.5, 0.6) is 0 Å². The maximum Gasteiger partial charge on any atom is 0.293 e. The van der Waals surface area contributed by atoms with E-state index in [2.05, 4.69) is 10.3 Å². The molecule has 0 aliphatic heterocycles. The molecule has 0 atom stereocenters. The van der Waals surface area contributed by atoms with Gasteiger partial charge < -0.3 is 14.6 Å². The Morgan fingerprint density at radius 1 is 1.17 bits per heavy atom. The highest BCUT2D eigenvalue weighted by atomic mass is 16.5. The van der Waals surface area contributed by atoms with Crippen molar-refractivity contribution in [3.8, 4) is 11.1 Å². The third kappa shape index (κ3) is 3.06. The Morgan fingerprint density at radius 2 is 2.00 bits per heavy atom. The molecule has 6 nitrogen and oxygen atoms in total. The third-order valence-corrected chi connectivity index (χ3v) is 3.54. The molecule has 0 unspecified atom stereocenters.